The highest BCUT2D eigenvalue weighted by Gasteiger charge is 2.18. The van der Waals surface area contributed by atoms with Crippen LogP contribution in [0.5, 0.6) is 0 Å². The fraction of sp³-hybridized carbons (Fsp3) is 0.462. The van der Waals surface area contributed by atoms with Crippen molar-refractivity contribution in [1.29, 1.82) is 5.26 Å². The topological polar surface area (TPSA) is 69.0 Å². The van der Waals surface area contributed by atoms with Gasteiger partial charge in [-0.25, -0.2) is 4.98 Å². The summed E-state index contributed by atoms with van der Waals surface area (Å²) in [5.41, 5.74) is 0.390. The normalized spacial score (nSPS) is 11.4. The van der Waals surface area contributed by atoms with E-state index in [9.17, 15) is 4.79 Å². The molecule has 0 aliphatic carbocycles. The van der Waals surface area contributed by atoms with Crippen molar-refractivity contribution in [3.63, 3.8) is 0 Å². The zero-order valence-corrected chi connectivity index (χ0v) is 11.0. The molecule has 18 heavy (non-hydrogen) atoms. The number of hydrogen-bond donors (Lipinski definition) is 1. The van der Waals surface area contributed by atoms with Gasteiger partial charge in [0.15, 0.2) is 0 Å². The van der Waals surface area contributed by atoms with Crippen LogP contribution in [0, 0.1) is 11.3 Å². The van der Waals surface area contributed by atoms with Gasteiger partial charge in [-0.2, -0.15) is 5.26 Å². The minimum absolute atomic E-state index is 0.118. The SMILES string of the molecule is CCNc1cccc(C(=O)N(C)C(C)CC#N)n1. The number of pyridine rings is 1. The van der Waals surface area contributed by atoms with Gasteiger partial charge in [0.25, 0.3) is 5.91 Å². The number of aromatic nitrogens is 1. The predicted octanol–water partition coefficient (Wildman–Crippen LogP) is 1.89. The third-order valence-electron chi connectivity index (χ3n) is 2.69. The minimum Gasteiger partial charge on any atom is -0.370 e. The monoisotopic (exact) mass is 246 g/mol. The lowest BCUT2D eigenvalue weighted by Gasteiger charge is -2.22. The number of carbonyl (C=O) groups is 1. The molecule has 1 aromatic rings. The van der Waals surface area contributed by atoms with Crippen molar-refractivity contribution in [3.05, 3.63) is 23.9 Å². The van der Waals surface area contributed by atoms with E-state index in [4.69, 9.17) is 5.26 Å². The van der Waals surface area contributed by atoms with Crippen molar-refractivity contribution in [2.45, 2.75) is 26.3 Å². The molecule has 0 aliphatic rings. The molecular formula is C13H18N4O. The summed E-state index contributed by atoms with van der Waals surface area (Å²) in [6.07, 6.45) is 0.315. The molecule has 1 heterocycles. The lowest BCUT2D eigenvalue weighted by Crippen LogP contribution is -2.35. The van der Waals surface area contributed by atoms with Gasteiger partial charge in [-0.15, -0.1) is 0 Å². The maximum atomic E-state index is 12.1. The number of carbonyl (C=O) groups excluding carboxylic acids is 1. The van der Waals surface area contributed by atoms with E-state index in [1.807, 2.05) is 19.9 Å². The summed E-state index contributed by atoms with van der Waals surface area (Å²) in [5, 5.41) is 11.7. The Morgan fingerprint density at radius 1 is 1.61 bits per heavy atom. The van der Waals surface area contributed by atoms with E-state index in [1.165, 1.54) is 0 Å². The first-order valence-corrected chi connectivity index (χ1v) is 5.95. The van der Waals surface area contributed by atoms with E-state index in [1.54, 1.807) is 24.1 Å². The Balaban J connectivity index is 2.83. The summed E-state index contributed by atoms with van der Waals surface area (Å²) in [4.78, 5) is 17.9. The third-order valence-corrected chi connectivity index (χ3v) is 2.69. The minimum atomic E-state index is -0.169. The van der Waals surface area contributed by atoms with E-state index < -0.39 is 0 Å². The van der Waals surface area contributed by atoms with Gasteiger partial charge in [-0.3, -0.25) is 4.79 Å². The molecule has 1 amide bonds. The molecule has 1 rings (SSSR count). The largest absolute Gasteiger partial charge is 0.370 e. The second kappa shape index (κ2) is 6.60. The van der Waals surface area contributed by atoms with Gasteiger partial charge in [0, 0.05) is 19.6 Å². The first kappa shape index (κ1) is 14.0. The van der Waals surface area contributed by atoms with E-state index in [0.717, 1.165) is 6.54 Å². The highest BCUT2D eigenvalue weighted by atomic mass is 16.2. The van der Waals surface area contributed by atoms with Gasteiger partial charge >= 0.3 is 0 Å². The van der Waals surface area contributed by atoms with Gasteiger partial charge < -0.3 is 10.2 Å². The van der Waals surface area contributed by atoms with Crippen molar-refractivity contribution in [2.24, 2.45) is 0 Å². The van der Waals surface area contributed by atoms with Crippen LogP contribution in [0.15, 0.2) is 18.2 Å². The lowest BCUT2D eigenvalue weighted by molar-refractivity contribution is 0.0740. The molecule has 96 valence electrons. The van der Waals surface area contributed by atoms with E-state index in [0.29, 0.717) is 17.9 Å². The second-order valence-electron chi connectivity index (χ2n) is 4.07. The lowest BCUT2D eigenvalue weighted by atomic mass is 10.2. The standard InChI is InChI=1S/C13H18N4O/c1-4-15-12-7-5-6-11(16-12)13(18)17(3)10(2)8-9-14/h5-7,10H,4,8H2,1-3H3,(H,15,16). The van der Waals surface area contributed by atoms with Gasteiger partial charge in [-0.1, -0.05) is 6.07 Å². The van der Waals surface area contributed by atoms with Crippen LogP contribution in [0.3, 0.4) is 0 Å². The zero-order chi connectivity index (χ0) is 13.5. The average molecular weight is 246 g/mol. The highest BCUT2D eigenvalue weighted by Crippen LogP contribution is 2.09. The van der Waals surface area contributed by atoms with Gasteiger partial charge in [-0.05, 0) is 26.0 Å². The maximum absolute atomic E-state index is 12.1. The first-order valence-electron chi connectivity index (χ1n) is 5.95. The Kier molecular flexibility index (Phi) is 5.12. The molecule has 0 bridgehead atoms. The van der Waals surface area contributed by atoms with Crippen LogP contribution in [0.2, 0.25) is 0 Å². The molecule has 0 aromatic carbocycles. The molecule has 1 N–H and O–H groups in total. The Hall–Kier alpha value is -2.09. The van der Waals surface area contributed by atoms with Crippen molar-refractivity contribution >= 4 is 11.7 Å². The van der Waals surface area contributed by atoms with Crippen LogP contribution in [-0.4, -0.2) is 35.4 Å². The number of nitrogens with zero attached hydrogens (tertiary/aromatic N) is 3. The summed E-state index contributed by atoms with van der Waals surface area (Å²) in [6.45, 7) is 4.57. The van der Waals surface area contributed by atoms with Crippen molar-refractivity contribution in [3.8, 4) is 6.07 Å². The number of nitriles is 1. The first-order chi connectivity index (χ1) is 8.60. The van der Waals surface area contributed by atoms with Crippen molar-refractivity contribution < 1.29 is 4.79 Å². The van der Waals surface area contributed by atoms with E-state index in [2.05, 4.69) is 16.4 Å². The second-order valence-corrected chi connectivity index (χ2v) is 4.07. The fourth-order valence-corrected chi connectivity index (χ4v) is 1.48. The number of hydrogen-bond acceptors (Lipinski definition) is 4. The van der Waals surface area contributed by atoms with Gasteiger partial charge in [0.1, 0.15) is 11.5 Å². The zero-order valence-electron chi connectivity index (χ0n) is 11.0. The summed E-state index contributed by atoms with van der Waals surface area (Å²) in [7, 11) is 1.69. The maximum Gasteiger partial charge on any atom is 0.272 e. The number of nitrogens with one attached hydrogen (secondary N) is 1. The molecule has 0 radical (unpaired) electrons. The van der Waals surface area contributed by atoms with Crippen molar-refractivity contribution in [2.75, 3.05) is 18.9 Å². The molecule has 0 saturated heterocycles. The molecule has 0 fully saturated rings. The molecular weight excluding hydrogens is 228 g/mol. The Morgan fingerprint density at radius 3 is 2.94 bits per heavy atom. The summed E-state index contributed by atoms with van der Waals surface area (Å²) in [6, 6.07) is 7.23. The van der Waals surface area contributed by atoms with Crippen LogP contribution in [0.1, 0.15) is 30.8 Å². The molecule has 0 saturated carbocycles. The summed E-state index contributed by atoms with van der Waals surface area (Å²) in [5.74, 6) is 0.516. The molecule has 0 spiro atoms. The average Bonchev–Trinajstić information content (AvgIpc) is 2.38. The van der Waals surface area contributed by atoms with Gasteiger partial charge in [0.05, 0.1) is 12.5 Å². The van der Waals surface area contributed by atoms with Crippen LogP contribution >= 0.6 is 0 Å². The highest BCUT2D eigenvalue weighted by molar-refractivity contribution is 5.92. The Labute approximate surface area is 107 Å². The van der Waals surface area contributed by atoms with Crippen molar-refractivity contribution in [1.82, 2.24) is 9.88 Å². The predicted molar refractivity (Wildman–Crippen MR) is 70.2 cm³/mol. The van der Waals surface area contributed by atoms with E-state index in [-0.39, 0.29) is 11.9 Å². The van der Waals surface area contributed by atoms with Crippen LogP contribution in [0.25, 0.3) is 0 Å². The quantitative estimate of drug-likeness (QED) is 0.861. The molecule has 1 atom stereocenters. The number of amides is 1. The third kappa shape index (κ3) is 3.45. The molecule has 1 aromatic heterocycles. The Bertz CT molecular complexity index is 453. The van der Waals surface area contributed by atoms with Crippen LogP contribution in [-0.2, 0) is 0 Å². The fourth-order valence-electron chi connectivity index (χ4n) is 1.48. The van der Waals surface area contributed by atoms with Crippen LogP contribution < -0.4 is 5.32 Å². The molecule has 1 unspecified atom stereocenters. The number of anilines is 1. The summed E-state index contributed by atoms with van der Waals surface area (Å²) < 4.78 is 0. The molecule has 5 heteroatoms. The Morgan fingerprint density at radius 2 is 2.33 bits per heavy atom. The number of rotatable bonds is 5. The molecule has 0 aliphatic heterocycles. The van der Waals surface area contributed by atoms with Crippen LogP contribution in [0.4, 0.5) is 5.82 Å². The summed E-state index contributed by atoms with van der Waals surface area (Å²) >= 11 is 0. The molecule has 5 nitrogen and oxygen atoms in total. The van der Waals surface area contributed by atoms with Gasteiger partial charge in [0.2, 0.25) is 0 Å². The van der Waals surface area contributed by atoms with E-state index >= 15 is 0 Å². The smallest absolute Gasteiger partial charge is 0.272 e.